The molecule has 3 amide bonds. The van der Waals surface area contributed by atoms with Gasteiger partial charge in [-0.2, -0.15) is 17.0 Å². The van der Waals surface area contributed by atoms with Crippen molar-refractivity contribution >= 4 is 38.8 Å². The lowest BCUT2D eigenvalue weighted by Gasteiger charge is -2.32. The zero-order chi connectivity index (χ0) is 33.3. The molecule has 5 N–H and O–H groups in total. The van der Waals surface area contributed by atoms with Crippen LogP contribution in [0.3, 0.4) is 0 Å². The number of nitrogens with one attached hydrogen (secondary N) is 2. The summed E-state index contributed by atoms with van der Waals surface area (Å²) >= 11 is 0. The van der Waals surface area contributed by atoms with Gasteiger partial charge in [0.1, 0.15) is 11.7 Å². The van der Waals surface area contributed by atoms with Crippen molar-refractivity contribution in [1.29, 1.82) is 0 Å². The molecule has 0 unspecified atom stereocenters. The fraction of sp³-hybridized carbons (Fsp3) is 0.273. The fourth-order valence-electron chi connectivity index (χ4n) is 4.86. The Hall–Kier alpha value is -4.69. The summed E-state index contributed by atoms with van der Waals surface area (Å²) < 4.78 is 28.8. The van der Waals surface area contributed by atoms with E-state index in [4.69, 9.17) is 5.73 Å². The van der Waals surface area contributed by atoms with Crippen LogP contribution in [0.4, 0.5) is 0 Å². The van der Waals surface area contributed by atoms with Crippen LogP contribution in [0.15, 0.2) is 97.1 Å². The molecule has 0 saturated heterocycles. The van der Waals surface area contributed by atoms with E-state index < -0.39 is 52.5 Å². The van der Waals surface area contributed by atoms with Crippen LogP contribution in [0.25, 0.3) is 10.9 Å². The van der Waals surface area contributed by atoms with E-state index in [1.54, 1.807) is 66.7 Å². The van der Waals surface area contributed by atoms with Crippen molar-refractivity contribution in [3.63, 3.8) is 0 Å². The van der Waals surface area contributed by atoms with Crippen molar-refractivity contribution in [3.05, 3.63) is 114 Å². The molecule has 0 spiro atoms. The molecule has 12 nitrogen and oxygen atoms in total. The molecule has 13 heteroatoms. The van der Waals surface area contributed by atoms with E-state index in [0.29, 0.717) is 11.1 Å². The number of aliphatic hydroxyl groups is 1. The first-order valence-electron chi connectivity index (χ1n) is 14.6. The van der Waals surface area contributed by atoms with E-state index in [1.165, 1.54) is 20.2 Å². The van der Waals surface area contributed by atoms with Crippen molar-refractivity contribution in [2.75, 3.05) is 20.6 Å². The summed E-state index contributed by atoms with van der Waals surface area (Å²) in [6.45, 7) is -0.384. The highest BCUT2D eigenvalue weighted by atomic mass is 32.2. The lowest BCUT2D eigenvalue weighted by molar-refractivity contribution is -0.128. The number of primary amides is 1. The van der Waals surface area contributed by atoms with Crippen molar-refractivity contribution < 1.29 is 27.9 Å². The molecule has 4 aromatic rings. The van der Waals surface area contributed by atoms with Crippen LogP contribution >= 0.6 is 0 Å². The topological polar surface area (TPSA) is 175 Å². The maximum atomic E-state index is 13.6. The van der Waals surface area contributed by atoms with E-state index in [2.05, 4.69) is 15.6 Å². The normalized spacial score (nSPS) is 13.7. The van der Waals surface area contributed by atoms with Crippen LogP contribution in [0.5, 0.6) is 0 Å². The molecule has 0 saturated carbocycles. The average molecular weight is 647 g/mol. The summed E-state index contributed by atoms with van der Waals surface area (Å²) in [5.41, 5.74) is 7.51. The number of hydrogen-bond acceptors (Lipinski definition) is 7. The Morgan fingerprint density at radius 3 is 2.09 bits per heavy atom. The molecule has 0 bridgehead atoms. The Labute approximate surface area is 268 Å². The zero-order valence-corrected chi connectivity index (χ0v) is 26.4. The van der Waals surface area contributed by atoms with Gasteiger partial charge in [0.25, 0.3) is 16.1 Å². The van der Waals surface area contributed by atoms with Crippen molar-refractivity contribution in [2.45, 2.75) is 37.6 Å². The van der Waals surface area contributed by atoms with Crippen molar-refractivity contribution in [3.8, 4) is 0 Å². The monoisotopic (exact) mass is 646 g/mol. The summed E-state index contributed by atoms with van der Waals surface area (Å²) in [6, 6.07) is 26.0. The van der Waals surface area contributed by atoms with Crippen molar-refractivity contribution in [1.82, 2.24) is 24.2 Å². The van der Waals surface area contributed by atoms with Crippen LogP contribution in [0.1, 0.15) is 28.0 Å². The molecule has 46 heavy (non-hydrogen) atoms. The molecule has 0 fully saturated rings. The number of carbonyl (C=O) groups is 3. The standard InChI is InChI=1S/C33H38N6O6S/c1-38(2)46(44,45)39(21-24-13-7-4-8-14-24)22-30(40)28(19-23-11-5-3-6-12-23)36-33(43)29(20-31(34)41)37-32(42)27-18-17-25-15-9-10-16-26(25)35-27/h3-18,28-30,40H,19-22H2,1-2H3,(H2,34,41)(H,36,43)(H,37,42)/t28-,29-,30+/m0/s1. The largest absolute Gasteiger partial charge is 0.390 e. The van der Waals surface area contributed by atoms with Gasteiger partial charge in [0.05, 0.1) is 24.1 Å². The van der Waals surface area contributed by atoms with E-state index in [1.807, 2.05) is 24.3 Å². The predicted octanol–water partition coefficient (Wildman–Crippen LogP) is 1.61. The predicted molar refractivity (Wildman–Crippen MR) is 174 cm³/mol. The SMILES string of the molecule is CN(C)S(=O)(=O)N(Cc1ccccc1)C[C@@H](O)[C@H](Cc1ccccc1)NC(=O)[C@H](CC(N)=O)NC(=O)c1ccc2ccccc2n1. The number of rotatable bonds is 15. The van der Waals surface area contributed by atoms with Crippen molar-refractivity contribution in [2.24, 2.45) is 5.73 Å². The maximum absolute atomic E-state index is 13.6. The Morgan fingerprint density at radius 2 is 1.46 bits per heavy atom. The Balaban J connectivity index is 1.58. The molecular formula is C33H38N6O6S. The summed E-state index contributed by atoms with van der Waals surface area (Å²) in [5.74, 6) is -2.31. The average Bonchev–Trinajstić information content (AvgIpc) is 3.04. The Kier molecular flexibility index (Phi) is 11.6. The van der Waals surface area contributed by atoms with Crippen LogP contribution in [-0.4, -0.2) is 83.7 Å². The minimum Gasteiger partial charge on any atom is -0.390 e. The number of fused-ring (bicyclic) bond motifs is 1. The Morgan fingerprint density at radius 1 is 0.848 bits per heavy atom. The molecule has 0 aliphatic rings. The van der Waals surface area contributed by atoms with Gasteiger partial charge in [-0.25, -0.2) is 4.98 Å². The molecule has 1 aromatic heterocycles. The van der Waals surface area contributed by atoms with Gasteiger partial charge in [-0.15, -0.1) is 0 Å². The van der Waals surface area contributed by atoms with Gasteiger partial charge in [0, 0.05) is 32.6 Å². The number of aliphatic hydroxyl groups excluding tert-OH is 1. The summed E-state index contributed by atoms with van der Waals surface area (Å²) in [4.78, 5) is 43.1. The molecular weight excluding hydrogens is 608 g/mol. The zero-order valence-electron chi connectivity index (χ0n) is 25.6. The van der Waals surface area contributed by atoms with Gasteiger partial charge in [0.15, 0.2) is 0 Å². The quantitative estimate of drug-likeness (QED) is 0.152. The van der Waals surface area contributed by atoms with Gasteiger partial charge < -0.3 is 21.5 Å². The fourth-order valence-corrected chi connectivity index (χ4v) is 5.98. The summed E-state index contributed by atoms with van der Waals surface area (Å²) in [7, 11) is -1.21. The first kappa shape index (κ1) is 34.2. The minimum atomic E-state index is -3.99. The second kappa shape index (κ2) is 15.5. The molecule has 3 aromatic carbocycles. The second-order valence-corrected chi connectivity index (χ2v) is 13.2. The molecule has 0 aliphatic carbocycles. The number of benzene rings is 3. The third kappa shape index (κ3) is 9.17. The lowest BCUT2D eigenvalue weighted by Crippen LogP contribution is -2.56. The van der Waals surface area contributed by atoms with Gasteiger partial charge >= 0.3 is 0 Å². The van der Waals surface area contributed by atoms with Gasteiger partial charge in [-0.3, -0.25) is 14.4 Å². The molecule has 4 rings (SSSR count). The van der Waals surface area contributed by atoms with Crippen LogP contribution in [-0.2, 0) is 32.8 Å². The molecule has 0 radical (unpaired) electrons. The third-order valence-electron chi connectivity index (χ3n) is 7.33. The highest BCUT2D eigenvalue weighted by molar-refractivity contribution is 7.86. The molecule has 3 atom stereocenters. The highest BCUT2D eigenvalue weighted by Crippen LogP contribution is 2.16. The number of carbonyl (C=O) groups excluding carboxylic acids is 3. The minimum absolute atomic E-state index is 0.0243. The second-order valence-electron chi connectivity index (χ2n) is 11.0. The Bertz CT molecular complexity index is 1750. The van der Waals surface area contributed by atoms with E-state index in [0.717, 1.165) is 19.6 Å². The number of hydrogen-bond donors (Lipinski definition) is 4. The number of nitrogens with two attached hydrogens (primary N) is 1. The number of nitrogens with zero attached hydrogens (tertiary/aromatic N) is 3. The molecule has 242 valence electrons. The molecule has 1 heterocycles. The van der Waals surface area contributed by atoms with Gasteiger partial charge in [-0.05, 0) is 29.7 Å². The van der Waals surface area contributed by atoms with Gasteiger partial charge in [-0.1, -0.05) is 84.9 Å². The van der Waals surface area contributed by atoms with Crippen LogP contribution in [0, 0.1) is 0 Å². The summed E-state index contributed by atoms with van der Waals surface area (Å²) in [5, 5.41) is 17.6. The van der Waals surface area contributed by atoms with Gasteiger partial charge in [0.2, 0.25) is 11.8 Å². The number of para-hydroxylation sites is 1. The van der Waals surface area contributed by atoms with E-state index in [9.17, 15) is 27.9 Å². The maximum Gasteiger partial charge on any atom is 0.281 e. The number of pyridine rings is 1. The third-order valence-corrected chi connectivity index (χ3v) is 9.18. The first-order valence-corrected chi connectivity index (χ1v) is 16.0. The number of aromatic nitrogens is 1. The van der Waals surface area contributed by atoms with Crippen LogP contribution in [0.2, 0.25) is 0 Å². The number of amides is 3. The smallest absolute Gasteiger partial charge is 0.281 e. The highest BCUT2D eigenvalue weighted by Gasteiger charge is 2.33. The lowest BCUT2D eigenvalue weighted by atomic mass is 10.00. The van der Waals surface area contributed by atoms with Crippen LogP contribution < -0.4 is 16.4 Å². The summed E-state index contributed by atoms with van der Waals surface area (Å²) in [6.07, 6.45) is -1.79. The van der Waals surface area contributed by atoms with E-state index >= 15 is 0 Å². The molecule has 0 aliphatic heterocycles. The van der Waals surface area contributed by atoms with E-state index in [-0.39, 0.29) is 25.2 Å². The first-order chi connectivity index (χ1) is 21.9.